The van der Waals surface area contributed by atoms with Gasteiger partial charge in [0.1, 0.15) is 17.5 Å². The summed E-state index contributed by atoms with van der Waals surface area (Å²) in [5.41, 5.74) is 4.65. The van der Waals surface area contributed by atoms with Crippen LogP contribution in [0.5, 0.6) is 0 Å². The number of nitrogens with two attached hydrogens (primary N) is 1. The zero-order valence-electron chi connectivity index (χ0n) is 7.79. The summed E-state index contributed by atoms with van der Waals surface area (Å²) in [6, 6.07) is 0.662. The van der Waals surface area contributed by atoms with Gasteiger partial charge < -0.3 is 5.73 Å². The van der Waals surface area contributed by atoms with Gasteiger partial charge in [0.15, 0.2) is 0 Å². The summed E-state index contributed by atoms with van der Waals surface area (Å²) in [5, 5.41) is 0. The Morgan fingerprint density at radius 1 is 1.20 bits per heavy atom. The van der Waals surface area contributed by atoms with Crippen LogP contribution in [0.1, 0.15) is 24.8 Å². The SMILES string of the molecule is NC1(c2c(F)cc(F)c(Br)c2F)CCC1. The molecule has 1 aliphatic carbocycles. The lowest BCUT2D eigenvalue weighted by molar-refractivity contribution is 0.234. The maximum Gasteiger partial charge on any atom is 0.148 e. The van der Waals surface area contributed by atoms with Crippen LogP contribution in [0.25, 0.3) is 0 Å². The van der Waals surface area contributed by atoms with Gasteiger partial charge in [0, 0.05) is 17.2 Å². The zero-order valence-corrected chi connectivity index (χ0v) is 9.37. The first kappa shape index (κ1) is 11.0. The molecule has 2 N–H and O–H groups in total. The molecule has 1 aromatic rings. The average Bonchev–Trinajstić information content (AvgIpc) is 2.11. The van der Waals surface area contributed by atoms with Crippen LogP contribution in [0.3, 0.4) is 0 Å². The summed E-state index contributed by atoms with van der Waals surface area (Å²) in [7, 11) is 0. The van der Waals surface area contributed by atoms with Crippen LogP contribution in [0.15, 0.2) is 10.5 Å². The molecule has 0 radical (unpaired) electrons. The van der Waals surface area contributed by atoms with Crippen molar-refractivity contribution in [3.8, 4) is 0 Å². The molecule has 5 heteroatoms. The Morgan fingerprint density at radius 3 is 2.27 bits per heavy atom. The first-order valence-corrected chi connectivity index (χ1v) is 5.37. The second kappa shape index (κ2) is 3.49. The van der Waals surface area contributed by atoms with E-state index in [1.165, 1.54) is 0 Å². The maximum atomic E-state index is 13.6. The first-order chi connectivity index (χ1) is 6.96. The van der Waals surface area contributed by atoms with Gasteiger partial charge in [-0.2, -0.15) is 0 Å². The van der Waals surface area contributed by atoms with Crippen LogP contribution in [0, 0.1) is 17.5 Å². The minimum absolute atomic E-state index is 0.206. The molecule has 0 saturated heterocycles. The first-order valence-electron chi connectivity index (χ1n) is 4.58. The van der Waals surface area contributed by atoms with E-state index in [0.29, 0.717) is 18.9 Å². The Morgan fingerprint density at radius 2 is 1.80 bits per heavy atom. The van der Waals surface area contributed by atoms with Crippen molar-refractivity contribution >= 4 is 15.9 Å². The molecule has 0 spiro atoms. The normalized spacial score (nSPS) is 18.7. The van der Waals surface area contributed by atoms with Crippen molar-refractivity contribution in [3.63, 3.8) is 0 Å². The molecule has 1 aromatic carbocycles. The van der Waals surface area contributed by atoms with Crippen LogP contribution in [0.2, 0.25) is 0 Å². The summed E-state index contributed by atoms with van der Waals surface area (Å²) in [5.74, 6) is -2.78. The Labute approximate surface area is 93.6 Å². The fourth-order valence-corrected chi connectivity index (χ4v) is 2.14. The molecule has 1 fully saturated rings. The second-order valence-electron chi connectivity index (χ2n) is 3.85. The van der Waals surface area contributed by atoms with Gasteiger partial charge in [-0.15, -0.1) is 0 Å². The minimum atomic E-state index is -0.968. The molecule has 0 aromatic heterocycles. The Hall–Kier alpha value is -0.550. The smallest absolute Gasteiger partial charge is 0.148 e. The predicted octanol–water partition coefficient (Wildman–Crippen LogP) is 3.20. The summed E-state index contributed by atoms with van der Waals surface area (Å²) in [4.78, 5) is 0. The molecule has 1 nitrogen and oxygen atoms in total. The van der Waals surface area contributed by atoms with Crippen LogP contribution in [-0.4, -0.2) is 0 Å². The Bertz CT molecular complexity index is 416. The van der Waals surface area contributed by atoms with Crippen molar-refractivity contribution in [3.05, 3.63) is 33.6 Å². The zero-order chi connectivity index (χ0) is 11.2. The third-order valence-electron chi connectivity index (χ3n) is 2.86. The Kier molecular flexibility index (Phi) is 2.55. The number of halogens is 4. The van der Waals surface area contributed by atoms with E-state index in [2.05, 4.69) is 15.9 Å². The molecule has 0 amide bonds. The topological polar surface area (TPSA) is 26.0 Å². The fourth-order valence-electron chi connectivity index (χ4n) is 1.83. The van der Waals surface area contributed by atoms with E-state index in [1.807, 2.05) is 0 Å². The molecule has 2 rings (SSSR count). The lowest BCUT2D eigenvalue weighted by Crippen LogP contribution is -2.45. The van der Waals surface area contributed by atoms with E-state index in [0.717, 1.165) is 6.42 Å². The van der Waals surface area contributed by atoms with Gasteiger partial charge in [-0.05, 0) is 35.2 Å². The quantitative estimate of drug-likeness (QED) is 0.620. The molecular weight excluding hydrogens is 271 g/mol. The lowest BCUT2D eigenvalue weighted by Gasteiger charge is -2.39. The molecule has 0 aliphatic heterocycles. The molecule has 1 saturated carbocycles. The highest BCUT2D eigenvalue weighted by molar-refractivity contribution is 9.10. The minimum Gasteiger partial charge on any atom is -0.321 e. The van der Waals surface area contributed by atoms with E-state index < -0.39 is 23.0 Å². The molecule has 82 valence electrons. The van der Waals surface area contributed by atoms with Gasteiger partial charge >= 0.3 is 0 Å². The van der Waals surface area contributed by atoms with Gasteiger partial charge in [0.25, 0.3) is 0 Å². The molecule has 0 heterocycles. The van der Waals surface area contributed by atoms with Gasteiger partial charge in [0.05, 0.1) is 4.47 Å². The highest BCUT2D eigenvalue weighted by Crippen LogP contribution is 2.42. The number of benzene rings is 1. The van der Waals surface area contributed by atoms with Crippen LogP contribution >= 0.6 is 15.9 Å². The molecule has 0 unspecified atom stereocenters. The van der Waals surface area contributed by atoms with Crippen molar-refractivity contribution < 1.29 is 13.2 Å². The standard InChI is InChI=1S/C10H9BrF3N/c11-8-6(13)4-5(12)7(9(8)14)10(15)2-1-3-10/h4H,1-3,15H2. The van der Waals surface area contributed by atoms with Gasteiger partial charge in [0.2, 0.25) is 0 Å². The number of hydrogen-bond acceptors (Lipinski definition) is 1. The van der Waals surface area contributed by atoms with Crippen molar-refractivity contribution in [1.82, 2.24) is 0 Å². The van der Waals surface area contributed by atoms with Crippen molar-refractivity contribution in [2.24, 2.45) is 5.73 Å². The van der Waals surface area contributed by atoms with E-state index in [4.69, 9.17) is 5.73 Å². The summed E-state index contributed by atoms with van der Waals surface area (Å²) < 4.78 is 39.7. The van der Waals surface area contributed by atoms with Crippen molar-refractivity contribution in [2.45, 2.75) is 24.8 Å². The number of rotatable bonds is 1. The van der Waals surface area contributed by atoms with E-state index in [1.54, 1.807) is 0 Å². The third-order valence-corrected chi connectivity index (χ3v) is 3.58. The van der Waals surface area contributed by atoms with Gasteiger partial charge in [-0.3, -0.25) is 0 Å². The molecule has 15 heavy (non-hydrogen) atoms. The maximum absolute atomic E-state index is 13.6. The summed E-state index contributed by atoms with van der Waals surface area (Å²) in [6.45, 7) is 0. The third kappa shape index (κ3) is 1.58. The fraction of sp³-hybridized carbons (Fsp3) is 0.400. The van der Waals surface area contributed by atoms with Gasteiger partial charge in [-0.25, -0.2) is 13.2 Å². The van der Waals surface area contributed by atoms with E-state index in [9.17, 15) is 13.2 Å². The van der Waals surface area contributed by atoms with E-state index in [-0.39, 0.29) is 10.0 Å². The predicted molar refractivity (Wildman–Crippen MR) is 53.7 cm³/mol. The van der Waals surface area contributed by atoms with Crippen molar-refractivity contribution in [1.29, 1.82) is 0 Å². The summed E-state index contributed by atoms with van der Waals surface area (Å²) >= 11 is 2.74. The van der Waals surface area contributed by atoms with Crippen LogP contribution < -0.4 is 5.73 Å². The van der Waals surface area contributed by atoms with Crippen molar-refractivity contribution in [2.75, 3.05) is 0 Å². The number of hydrogen-bond donors (Lipinski definition) is 1. The second-order valence-corrected chi connectivity index (χ2v) is 4.65. The van der Waals surface area contributed by atoms with Crippen LogP contribution in [0.4, 0.5) is 13.2 Å². The monoisotopic (exact) mass is 279 g/mol. The molecule has 1 aliphatic rings. The molecule has 0 atom stereocenters. The molecular formula is C10H9BrF3N. The average molecular weight is 280 g/mol. The Balaban J connectivity index is 2.61. The largest absolute Gasteiger partial charge is 0.321 e. The van der Waals surface area contributed by atoms with Gasteiger partial charge in [-0.1, -0.05) is 0 Å². The van der Waals surface area contributed by atoms with E-state index >= 15 is 0 Å². The summed E-state index contributed by atoms with van der Waals surface area (Å²) in [6.07, 6.45) is 1.89. The lowest BCUT2D eigenvalue weighted by atomic mass is 9.72. The molecule has 0 bridgehead atoms. The highest BCUT2D eigenvalue weighted by atomic mass is 79.9. The van der Waals surface area contributed by atoms with Crippen LogP contribution in [-0.2, 0) is 5.54 Å². The highest BCUT2D eigenvalue weighted by Gasteiger charge is 2.40.